The second-order valence-electron chi connectivity index (χ2n) is 9.02. The molecule has 172 valence electrons. The Balaban J connectivity index is 0.00000272. The Kier molecular flexibility index (Phi) is 9.44. The number of nitrogens with zero attached hydrogens (tertiary/aromatic N) is 4. The average Bonchev–Trinajstić information content (AvgIpc) is 3.50. The molecular weight excluding hydrogens is 501 g/mol. The third kappa shape index (κ3) is 6.81. The maximum absolute atomic E-state index is 11.9. The van der Waals surface area contributed by atoms with Crippen LogP contribution < -0.4 is 5.32 Å². The number of hydrogen-bond donors (Lipinski definition) is 1. The summed E-state index contributed by atoms with van der Waals surface area (Å²) < 4.78 is 0. The minimum Gasteiger partial charge on any atom is -0.357 e. The lowest BCUT2D eigenvalue weighted by molar-refractivity contribution is -0.128. The molecule has 0 spiro atoms. The Morgan fingerprint density at radius 3 is 2.68 bits per heavy atom. The van der Waals surface area contributed by atoms with Crippen molar-refractivity contribution >= 4 is 35.8 Å². The van der Waals surface area contributed by atoms with Crippen molar-refractivity contribution in [3.63, 3.8) is 0 Å². The minimum absolute atomic E-state index is 0. The molecule has 3 heterocycles. The molecule has 0 radical (unpaired) electrons. The van der Waals surface area contributed by atoms with E-state index in [1.165, 1.54) is 50.0 Å². The van der Waals surface area contributed by atoms with Gasteiger partial charge in [0.25, 0.3) is 0 Å². The number of amides is 1. The quantitative estimate of drug-likeness (QED) is 0.328. The molecule has 1 N–H and O–H groups in total. The highest BCUT2D eigenvalue weighted by molar-refractivity contribution is 14.0. The highest BCUT2D eigenvalue weighted by atomic mass is 127. The van der Waals surface area contributed by atoms with E-state index in [4.69, 9.17) is 4.99 Å². The fraction of sp³-hybridized carbons (Fsp3) is 0.667. The van der Waals surface area contributed by atoms with E-state index >= 15 is 0 Å². The van der Waals surface area contributed by atoms with E-state index in [1.54, 1.807) is 0 Å². The number of likely N-dealkylation sites (tertiary alicyclic amines) is 3. The van der Waals surface area contributed by atoms with Crippen molar-refractivity contribution in [3.8, 4) is 0 Å². The molecule has 0 bridgehead atoms. The zero-order valence-corrected chi connectivity index (χ0v) is 21.2. The molecule has 3 saturated heterocycles. The lowest BCUT2D eigenvalue weighted by atomic mass is 10.1. The zero-order valence-electron chi connectivity index (χ0n) is 18.9. The monoisotopic (exact) mass is 539 g/mol. The lowest BCUT2D eigenvalue weighted by Gasteiger charge is -2.23. The molecule has 4 rings (SSSR count). The summed E-state index contributed by atoms with van der Waals surface area (Å²) in [5.41, 5.74) is 2.41. The Morgan fingerprint density at radius 1 is 1.13 bits per heavy atom. The maximum Gasteiger partial charge on any atom is 0.222 e. The Hall–Kier alpha value is -1.35. The molecule has 0 aliphatic carbocycles. The van der Waals surface area contributed by atoms with Gasteiger partial charge in [-0.25, -0.2) is 4.99 Å². The van der Waals surface area contributed by atoms with Gasteiger partial charge < -0.3 is 20.0 Å². The third-order valence-electron chi connectivity index (χ3n) is 6.58. The molecular formula is C24H38IN5O. The van der Waals surface area contributed by atoms with Crippen molar-refractivity contribution in [2.45, 2.75) is 52.1 Å². The zero-order chi connectivity index (χ0) is 20.8. The van der Waals surface area contributed by atoms with Crippen LogP contribution in [0.3, 0.4) is 0 Å². The molecule has 3 fully saturated rings. The Bertz CT molecular complexity index is 749. The van der Waals surface area contributed by atoms with E-state index in [-0.39, 0.29) is 29.9 Å². The van der Waals surface area contributed by atoms with Gasteiger partial charge in [0.05, 0.1) is 6.54 Å². The molecule has 7 heteroatoms. The van der Waals surface area contributed by atoms with E-state index in [0.29, 0.717) is 13.0 Å². The predicted octanol–water partition coefficient (Wildman–Crippen LogP) is 3.31. The summed E-state index contributed by atoms with van der Waals surface area (Å²) in [6.45, 7) is 11.3. The van der Waals surface area contributed by atoms with Crippen molar-refractivity contribution < 1.29 is 4.79 Å². The maximum atomic E-state index is 11.9. The van der Waals surface area contributed by atoms with Crippen LogP contribution in [-0.4, -0.2) is 72.4 Å². The number of carbonyl (C=O) groups is 1. The minimum atomic E-state index is 0. The van der Waals surface area contributed by atoms with Crippen LogP contribution in [0.4, 0.5) is 0 Å². The first-order valence-corrected chi connectivity index (χ1v) is 11.8. The molecule has 1 amide bonds. The largest absolute Gasteiger partial charge is 0.357 e. The summed E-state index contributed by atoms with van der Waals surface area (Å²) in [7, 11) is 0. The molecule has 3 aliphatic heterocycles. The second kappa shape index (κ2) is 12.0. The first-order chi connectivity index (χ1) is 14.7. The SMILES string of the molecule is CCNC(=NCc1cccc(CN2CCCC2=O)c1)N1CCC(CN2CCCC2)C1.I. The summed E-state index contributed by atoms with van der Waals surface area (Å²) in [4.78, 5) is 23.9. The molecule has 1 aromatic rings. The van der Waals surface area contributed by atoms with E-state index in [0.717, 1.165) is 51.0 Å². The molecule has 1 atom stereocenters. The van der Waals surface area contributed by atoms with Crippen LogP contribution in [0.1, 0.15) is 50.2 Å². The van der Waals surface area contributed by atoms with Gasteiger partial charge in [0.2, 0.25) is 5.91 Å². The molecule has 31 heavy (non-hydrogen) atoms. The molecule has 0 saturated carbocycles. The van der Waals surface area contributed by atoms with Gasteiger partial charge in [-0.2, -0.15) is 0 Å². The van der Waals surface area contributed by atoms with Crippen LogP contribution in [0.15, 0.2) is 29.3 Å². The number of hydrogen-bond acceptors (Lipinski definition) is 3. The Labute approximate surface area is 204 Å². The van der Waals surface area contributed by atoms with Gasteiger partial charge in [-0.3, -0.25) is 4.79 Å². The van der Waals surface area contributed by atoms with Crippen molar-refractivity contribution in [1.82, 2.24) is 20.0 Å². The highest BCUT2D eigenvalue weighted by Gasteiger charge is 2.27. The van der Waals surface area contributed by atoms with Gasteiger partial charge in [0.1, 0.15) is 0 Å². The topological polar surface area (TPSA) is 51.2 Å². The summed E-state index contributed by atoms with van der Waals surface area (Å²) in [5, 5.41) is 3.50. The van der Waals surface area contributed by atoms with Crippen LogP contribution >= 0.6 is 24.0 Å². The number of carbonyl (C=O) groups excluding carboxylic acids is 1. The van der Waals surface area contributed by atoms with Gasteiger partial charge in [0, 0.05) is 45.7 Å². The van der Waals surface area contributed by atoms with E-state index in [1.807, 2.05) is 4.90 Å². The normalized spacial score (nSPS) is 22.3. The fourth-order valence-corrected chi connectivity index (χ4v) is 5.01. The molecule has 1 aromatic carbocycles. The summed E-state index contributed by atoms with van der Waals surface area (Å²) in [6, 6.07) is 8.56. The average molecular weight is 540 g/mol. The Morgan fingerprint density at radius 2 is 1.94 bits per heavy atom. The van der Waals surface area contributed by atoms with E-state index in [2.05, 4.69) is 46.3 Å². The standard InChI is InChI=1S/C24H37N5O.HI/c1-2-25-24(29-14-10-22(19-29)17-27-11-3-4-12-27)26-16-20-7-5-8-21(15-20)18-28-13-6-9-23(28)30;/h5,7-8,15,22H,2-4,6,9-14,16-19H2,1H3,(H,25,26);1H. The van der Waals surface area contributed by atoms with Crippen molar-refractivity contribution in [2.24, 2.45) is 10.9 Å². The van der Waals surface area contributed by atoms with Gasteiger partial charge >= 0.3 is 0 Å². The first kappa shape index (κ1) is 24.3. The number of nitrogens with one attached hydrogen (secondary N) is 1. The van der Waals surface area contributed by atoms with Gasteiger partial charge in [0.15, 0.2) is 5.96 Å². The number of benzene rings is 1. The van der Waals surface area contributed by atoms with Crippen molar-refractivity contribution in [3.05, 3.63) is 35.4 Å². The summed E-state index contributed by atoms with van der Waals surface area (Å²) >= 11 is 0. The van der Waals surface area contributed by atoms with E-state index in [9.17, 15) is 4.79 Å². The van der Waals surface area contributed by atoms with Gasteiger partial charge in [-0.05, 0) is 62.7 Å². The van der Waals surface area contributed by atoms with Crippen LogP contribution in [0.25, 0.3) is 0 Å². The molecule has 1 unspecified atom stereocenters. The number of aliphatic imine (C=N–C) groups is 1. The lowest BCUT2D eigenvalue weighted by Crippen LogP contribution is -2.40. The number of guanidine groups is 1. The van der Waals surface area contributed by atoms with Gasteiger partial charge in [-0.1, -0.05) is 24.3 Å². The predicted molar refractivity (Wildman–Crippen MR) is 137 cm³/mol. The fourth-order valence-electron chi connectivity index (χ4n) is 5.01. The van der Waals surface area contributed by atoms with Crippen LogP contribution in [0, 0.1) is 5.92 Å². The summed E-state index contributed by atoms with van der Waals surface area (Å²) in [5.74, 6) is 2.08. The van der Waals surface area contributed by atoms with Crippen LogP contribution in [-0.2, 0) is 17.9 Å². The molecule has 3 aliphatic rings. The summed E-state index contributed by atoms with van der Waals surface area (Å²) in [6.07, 6.45) is 5.69. The number of halogens is 1. The number of rotatable bonds is 7. The van der Waals surface area contributed by atoms with Crippen LogP contribution in [0.5, 0.6) is 0 Å². The van der Waals surface area contributed by atoms with Crippen molar-refractivity contribution in [1.29, 1.82) is 0 Å². The smallest absolute Gasteiger partial charge is 0.222 e. The van der Waals surface area contributed by atoms with Crippen molar-refractivity contribution in [2.75, 3.05) is 45.8 Å². The highest BCUT2D eigenvalue weighted by Crippen LogP contribution is 2.20. The first-order valence-electron chi connectivity index (χ1n) is 11.8. The van der Waals surface area contributed by atoms with Gasteiger partial charge in [-0.15, -0.1) is 24.0 Å². The van der Waals surface area contributed by atoms with Crippen LogP contribution in [0.2, 0.25) is 0 Å². The van der Waals surface area contributed by atoms with E-state index < -0.39 is 0 Å². The molecule has 6 nitrogen and oxygen atoms in total. The third-order valence-corrected chi connectivity index (χ3v) is 6.58. The molecule has 0 aromatic heterocycles. The second-order valence-corrected chi connectivity index (χ2v) is 9.02.